The highest BCUT2D eigenvalue weighted by atomic mass is 79.9. The molecule has 2 heterocycles. The molecule has 0 fully saturated rings. The maximum atomic E-state index is 12.6. The van der Waals surface area contributed by atoms with Gasteiger partial charge < -0.3 is 10.3 Å². The van der Waals surface area contributed by atoms with E-state index in [1.165, 1.54) is 4.57 Å². The fraction of sp³-hybridized carbons (Fsp3) is 0.294. The van der Waals surface area contributed by atoms with Gasteiger partial charge in [-0.3, -0.25) is 13.9 Å². The van der Waals surface area contributed by atoms with E-state index in [0.29, 0.717) is 18.9 Å². The van der Waals surface area contributed by atoms with Crippen LogP contribution >= 0.6 is 15.9 Å². The van der Waals surface area contributed by atoms with Gasteiger partial charge in [-0.2, -0.15) is 4.98 Å². The van der Waals surface area contributed by atoms with Gasteiger partial charge in [-0.15, -0.1) is 0 Å². The maximum absolute atomic E-state index is 12.6. The molecule has 9 heteroatoms. The van der Waals surface area contributed by atoms with Crippen LogP contribution in [0.3, 0.4) is 0 Å². The van der Waals surface area contributed by atoms with Crippen LogP contribution in [0.2, 0.25) is 0 Å². The Labute approximate surface area is 157 Å². The molecule has 0 radical (unpaired) electrons. The van der Waals surface area contributed by atoms with Crippen molar-refractivity contribution in [1.82, 2.24) is 19.3 Å². The van der Waals surface area contributed by atoms with E-state index >= 15 is 0 Å². The van der Waals surface area contributed by atoms with E-state index in [9.17, 15) is 9.59 Å². The zero-order valence-electron chi connectivity index (χ0n) is 14.4. The molecule has 1 aromatic carbocycles. The molecule has 0 aliphatic heterocycles. The molecule has 0 spiro atoms. The van der Waals surface area contributed by atoms with Crippen LogP contribution in [0.4, 0.5) is 5.82 Å². The summed E-state index contributed by atoms with van der Waals surface area (Å²) in [6.45, 7) is 4.21. The van der Waals surface area contributed by atoms with Crippen LogP contribution in [0, 0.1) is 6.92 Å². The van der Waals surface area contributed by atoms with Crippen LogP contribution in [0.1, 0.15) is 24.7 Å². The van der Waals surface area contributed by atoms with Gasteiger partial charge in [0.15, 0.2) is 5.82 Å². The minimum absolute atomic E-state index is 0.102. The number of anilines is 1. The smallest absolute Gasteiger partial charge is 0.333 e. The zero-order valence-corrected chi connectivity index (χ0v) is 16.0. The molecule has 0 bridgehead atoms. The molecule has 136 valence electrons. The lowest BCUT2D eigenvalue weighted by atomic mass is 10.1. The first-order valence-corrected chi connectivity index (χ1v) is 8.90. The number of halogens is 1. The van der Waals surface area contributed by atoms with Crippen LogP contribution < -0.4 is 17.0 Å². The van der Waals surface area contributed by atoms with Crippen molar-refractivity contribution in [2.24, 2.45) is 0 Å². The van der Waals surface area contributed by atoms with Crippen molar-refractivity contribution in [3.8, 4) is 11.5 Å². The Morgan fingerprint density at radius 2 is 1.88 bits per heavy atom. The average molecular weight is 420 g/mol. The number of nitrogen functional groups attached to an aromatic ring is 1. The minimum Gasteiger partial charge on any atom is -0.384 e. The minimum atomic E-state index is -0.526. The lowest BCUT2D eigenvalue weighted by Gasteiger charge is -2.12. The first kappa shape index (κ1) is 18.1. The summed E-state index contributed by atoms with van der Waals surface area (Å²) in [5.41, 5.74) is 6.73. The molecule has 0 atom stereocenters. The molecule has 8 nitrogen and oxygen atoms in total. The summed E-state index contributed by atoms with van der Waals surface area (Å²) >= 11 is 3.16. The largest absolute Gasteiger partial charge is 0.384 e. The fourth-order valence-corrected chi connectivity index (χ4v) is 2.96. The fourth-order valence-electron chi connectivity index (χ4n) is 2.53. The third-order valence-electron chi connectivity index (χ3n) is 3.92. The first-order chi connectivity index (χ1) is 12.4. The van der Waals surface area contributed by atoms with Gasteiger partial charge in [0.05, 0.1) is 6.54 Å². The van der Waals surface area contributed by atoms with Gasteiger partial charge in [-0.25, -0.2) is 4.79 Å². The summed E-state index contributed by atoms with van der Waals surface area (Å²) in [6, 6.07) is 7.61. The number of nitrogens with two attached hydrogens (primary N) is 1. The Balaban J connectivity index is 1.98. The standard InChI is InChI=1S/C17H18BrN5O3/c1-3-8-22-14(19)13(18)16(24)23(17(22)25)9-12-20-15(26-21-12)11-6-4-10(2)5-7-11/h4-7H,3,8-9,19H2,1-2H3. The highest BCUT2D eigenvalue weighted by molar-refractivity contribution is 9.10. The monoisotopic (exact) mass is 419 g/mol. The second-order valence-corrected chi connectivity index (χ2v) is 6.70. The number of aryl methyl sites for hydroxylation is 1. The highest BCUT2D eigenvalue weighted by Gasteiger charge is 2.17. The molecule has 0 saturated carbocycles. The SMILES string of the molecule is CCCn1c(N)c(Br)c(=O)n(Cc2noc(-c3ccc(C)cc3)n2)c1=O. The van der Waals surface area contributed by atoms with Crippen LogP contribution in [-0.4, -0.2) is 19.3 Å². The molecule has 0 saturated heterocycles. The van der Waals surface area contributed by atoms with Crippen LogP contribution in [0.5, 0.6) is 0 Å². The van der Waals surface area contributed by atoms with Gasteiger partial charge in [0, 0.05) is 12.1 Å². The van der Waals surface area contributed by atoms with Crippen LogP contribution in [-0.2, 0) is 13.1 Å². The second kappa shape index (κ2) is 7.28. The lowest BCUT2D eigenvalue weighted by Crippen LogP contribution is -2.42. The van der Waals surface area contributed by atoms with E-state index in [1.54, 1.807) is 0 Å². The van der Waals surface area contributed by atoms with Crippen LogP contribution in [0.15, 0.2) is 42.9 Å². The summed E-state index contributed by atoms with van der Waals surface area (Å²) in [4.78, 5) is 29.3. The number of hydrogen-bond donors (Lipinski definition) is 1. The summed E-state index contributed by atoms with van der Waals surface area (Å²) < 4.78 is 7.79. The zero-order chi connectivity index (χ0) is 18.8. The number of rotatable bonds is 5. The normalized spacial score (nSPS) is 11.0. The third-order valence-corrected chi connectivity index (χ3v) is 4.67. The number of nitrogens with zero attached hydrogens (tertiary/aromatic N) is 4. The van der Waals surface area contributed by atoms with E-state index < -0.39 is 11.2 Å². The Morgan fingerprint density at radius 3 is 2.54 bits per heavy atom. The van der Waals surface area contributed by atoms with E-state index in [4.69, 9.17) is 10.3 Å². The van der Waals surface area contributed by atoms with Gasteiger partial charge in [-0.1, -0.05) is 29.8 Å². The quantitative estimate of drug-likeness (QED) is 0.678. The van der Waals surface area contributed by atoms with Crippen molar-refractivity contribution in [3.63, 3.8) is 0 Å². The van der Waals surface area contributed by atoms with Crippen molar-refractivity contribution in [3.05, 3.63) is 61.0 Å². The van der Waals surface area contributed by atoms with Crippen molar-refractivity contribution in [2.45, 2.75) is 33.4 Å². The molecule has 0 amide bonds. The van der Waals surface area contributed by atoms with Crippen molar-refractivity contribution >= 4 is 21.7 Å². The van der Waals surface area contributed by atoms with Crippen molar-refractivity contribution in [2.75, 3.05) is 5.73 Å². The average Bonchev–Trinajstić information content (AvgIpc) is 3.10. The number of aromatic nitrogens is 4. The van der Waals surface area contributed by atoms with E-state index in [2.05, 4.69) is 26.1 Å². The first-order valence-electron chi connectivity index (χ1n) is 8.10. The maximum Gasteiger partial charge on any atom is 0.333 e. The molecule has 2 N–H and O–H groups in total. The van der Waals surface area contributed by atoms with E-state index in [-0.39, 0.29) is 22.7 Å². The molecule has 26 heavy (non-hydrogen) atoms. The Kier molecular flexibility index (Phi) is 5.08. The lowest BCUT2D eigenvalue weighted by molar-refractivity contribution is 0.418. The molecular weight excluding hydrogens is 402 g/mol. The predicted octanol–water partition coefficient (Wildman–Crippen LogP) is 2.17. The van der Waals surface area contributed by atoms with Gasteiger partial charge >= 0.3 is 5.69 Å². The summed E-state index contributed by atoms with van der Waals surface area (Å²) in [6.07, 6.45) is 0.703. The summed E-state index contributed by atoms with van der Waals surface area (Å²) in [5.74, 6) is 0.683. The van der Waals surface area contributed by atoms with Gasteiger partial charge in [0.2, 0.25) is 0 Å². The molecule has 3 aromatic rings. The molecule has 2 aromatic heterocycles. The Hall–Kier alpha value is -2.68. The van der Waals surface area contributed by atoms with E-state index in [0.717, 1.165) is 15.7 Å². The van der Waals surface area contributed by atoms with E-state index in [1.807, 2.05) is 38.1 Å². The highest BCUT2D eigenvalue weighted by Crippen LogP contribution is 2.18. The number of benzene rings is 1. The van der Waals surface area contributed by atoms with Crippen molar-refractivity contribution < 1.29 is 4.52 Å². The second-order valence-electron chi connectivity index (χ2n) is 5.91. The summed E-state index contributed by atoms with van der Waals surface area (Å²) in [5, 5.41) is 3.88. The Bertz CT molecular complexity index is 1050. The predicted molar refractivity (Wildman–Crippen MR) is 101 cm³/mol. The van der Waals surface area contributed by atoms with Gasteiger partial charge in [0.1, 0.15) is 10.3 Å². The van der Waals surface area contributed by atoms with Gasteiger partial charge in [0.25, 0.3) is 11.4 Å². The topological polar surface area (TPSA) is 109 Å². The number of hydrogen-bond acceptors (Lipinski definition) is 6. The third kappa shape index (κ3) is 3.34. The van der Waals surface area contributed by atoms with Crippen molar-refractivity contribution in [1.29, 1.82) is 0 Å². The van der Waals surface area contributed by atoms with Crippen LogP contribution in [0.25, 0.3) is 11.5 Å². The molecule has 0 unspecified atom stereocenters. The molecular formula is C17H18BrN5O3. The Morgan fingerprint density at radius 1 is 1.19 bits per heavy atom. The summed E-state index contributed by atoms with van der Waals surface area (Å²) in [7, 11) is 0. The van der Waals surface area contributed by atoms with Gasteiger partial charge in [-0.05, 0) is 41.4 Å². The molecule has 0 aliphatic rings. The molecule has 0 aliphatic carbocycles. The molecule has 3 rings (SSSR count).